The van der Waals surface area contributed by atoms with Gasteiger partial charge in [0.1, 0.15) is 18.4 Å². The highest BCUT2D eigenvalue weighted by molar-refractivity contribution is 7.99. The molecule has 0 saturated carbocycles. The fourth-order valence-corrected chi connectivity index (χ4v) is 2.57. The van der Waals surface area contributed by atoms with Crippen LogP contribution >= 0.6 is 23.4 Å². The Balaban J connectivity index is 1.67. The van der Waals surface area contributed by atoms with Crippen molar-refractivity contribution in [3.05, 3.63) is 59.1 Å². The average molecular weight is 348 g/mol. The summed E-state index contributed by atoms with van der Waals surface area (Å²) in [5.74, 6) is 0.555. The Labute approximate surface area is 144 Å². The van der Waals surface area contributed by atoms with Crippen molar-refractivity contribution in [2.24, 2.45) is 0 Å². The molecule has 0 aliphatic carbocycles. The van der Waals surface area contributed by atoms with Crippen molar-refractivity contribution >= 4 is 29.3 Å². The molecule has 0 N–H and O–H groups in total. The third-order valence-electron chi connectivity index (χ3n) is 2.78. The highest BCUT2D eigenvalue weighted by Crippen LogP contribution is 2.20. The van der Waals surface area contributed by atoms with Gasteiger partial charge in [0, 0.05) is 15.7 Å². The van der Waals surface area contributed by atoms with Crippen LogP contribution in [-0.2, 0) is 9.53 Å². The van der Waals surface area contributed by atoms with Crippen LogP contribution in [0.2, 0.25) is 5.02 Å². The van der Waals surface area contributed by atoms with Gasteiger partial charge in [0.15, 0.2) is 6.61 Å². The summed E-state index contributed by atoms with van der Waals surface area (Å²) in [5, 5.41) is 9.62. The summed E-state index contributed by atoms with van der Waals surface area (Å²) in [7, 11) is 0. The number of esters is 1. The maximum absolute atomic E-state index is 11.6. The van der Waals surface area contributed by atoms with Gasteiger partial charge in [-0.05, 0) is 36.4 Å². The third-order valence-corrected chi connectivity index (χ3v) is 4.01. The Bertz CT molecular complexity index is 698. The molecule has 0 spiro atoms. The maximum atomic E-state index is 11.6. The van der Waals surface area contributed by atoms with Crippen LogP contribution in [0.25, 0.3) is 0 Å². The topological polar surface area (TPSA) is 59.3 Å². The van der Waals surface area contributed by atoms with Crippen molar-refractivity contribution < 1.29 is 14.3 Å². The standard InChI is InChI=1S/C17H14ClNO3S/c18-14-5-7-15(8-6-14)23-10-9-21-17(20)12-22-16-4-2-1-3-13(16)11-19/h1-8H,9-10,12H2. The number of nitrogens with zero attached hydrogens (tertiary/aromatic N) is 1. The Morgan fingerprint density at radius 3 is 2.65 bits per heavy atom. The number of carbonyl (C=O) groups is 1. The van der Waals surface area contributed by atoms with Crippen LogP contribution in [0.5, 0.6) is 5.75 Å². The molecule has 0 aromatic heterocycles. The predicted molar refractivity (Wildman–Crippen MR) is 89.8 cm³/mol. The van der Waals surface area contributed by atoms with Gasteiger partial charge < -0.3 is 9.47 Å². The van der Waals surface area contributed by atoms with Crippen LogP contribution in [0.1, 0.15) is 5.56 Å². The lowest BCUT2D eigenvalue weighted by Crippen LogP contribution is -2.16. The van der Waals surface area contributed by atoms with Crippen LogP contribution in [0.3, 0.4) is 0 Å². The quantitative estimate of drug-likeness (QED) is 0.431. The molecular weight excluding hydrogens is 334 g/mol. The molecule has 0 bridgehead atoms. The maximum Gasteiger partial charge on any atom is 0.344 e. The number of ether oxygens (including phenoxy) is 2. The lowest BCUT2D eigenvalue weighted by atomic mass is 10.2. The van der Waals surface area contributed by atoms with Crippen LogP contribution in [0.4, 0.5) is 0 Å². The Morgan fingerprint density at radius 2 is 1.91 bits per heavy atom. The van der Waals surface area contributed by atoms with Gasteiger partial charge in [0.25, 0.3) is 0 Å². The van der Waals surface area contributed by atoms with E-state index in [9.17, 15) is 4.79 Å². The van der Waals surface area contributed by atoms with Gasteiger partial charge in [0.2, 0.25) is 0 Å². The first-order valence-electron chi connectivity index (χ1n) is 6.85. The van der Waals surface area contributed by atoms with E-state index in [1.165, 1.54) is 0 Å². The van der Waals surface area contributed by atoms with E-state index in [1.807, 2.05) is 30.3 Å². The van der Waals surface area contributed by atoms with Gasteiger partial charge in [0.05, 0.1) is 5.56 Å². The summed E-state index contributed by atoms with van der Waals surface area (Å²) in [6.07, 6.45) is 0. The molecule has 23 heavy (non-hydrogen) atoms. The lowest BCUT2D eigenvalue weighted by Gasteiger charge is -2.08. The molecule has 0 aliphatic heterocycles. The fourth-order valence-electron chi connectivity index (χ4n) is 1.71. The van der Waals surface area contributed by atoms with E-state index in [0.717, 1.165) is 4.90 Å². The molecule has 0 atom stereocenters. The van der Waals surface area contributed by atoms with Crippen molar-refractivity contribution in [2.45, 2.75) is 4.90 Å². The summed E-state index contributed by atoms with van der Waals surface area (Å²) in [6.45, 7) is 0.0691. The first-order valence-corrected chi connectivity index (χ1v) is 8.21. The SMILES string of the molecule is N#Cc1ccccc1OCC(=O)OCCSc1ccc(Cl)cc1. The number of carbonyl (C=O) groups excluding carboxylic acids is 1. The molecule has 118 valence electrons. The zero-order valence-corrected chi connectivity index (χ0v) is 13.8. The Morgan fingerprint density at radius 1 is 1.17 bits per heavy atom. The number of hydrogen-bond acceptors (Lipinski definition) is 5. The highest BCUT2D eigenvalue weighted by atomic mass is 35.5. The van der Waals surface area contributed by atoms with E-state index < -0.39 is 5.97 Å². The summed E-state index contributed by atoms with van der Waals surface area (Å²) in [5.41, 5.74) is 0.388. The van der Waals surface area contributed by atoms with Gasteiger partial charge in [-0.2, -0.15) is 5.26 Å². The molecule has 6 heteroatoms. The van der Waals surface area contributed by atoms with Gasteiger partial charge in [-0.25, -0.2) is 4.79 Å². The molecule has 0 saturated heterocycles. The van der Waals surface area contributed by atoms with E-state index in [0.29, 0.717) is 22.1 Å². The van der Waals surface area contributed by atoms with Crippen LogP contribution < -0.4 is 4.74 Å². The van der Waals surface area contributed by atoms with Crippen molar-refractivity contribution in [3.8, 4) is 11.8 Å². The van der Waals surface area contributed by atoms with Crippen LogP contribution in [0, 0.1) is 11.3 Å². The van der Waals surface area contributed by atoms with Gasteiger partial charge in [-0.1, -0.05) is 23.7 Å². The molecule has 4 nitrogen and oxygen atoms in total. The minimum atomic E-state index is -0.463. The second-order valence-corrected chi connectivity index (χ2v) is 6.02. The summed E-state index contributed by atoms with van der Waals surface area (Å²) >= 11 is 7.38. The number of rotatable bonds is 7. The molecule has 0 radical (unpaired) electrons. The lowest BCUT2D eigenvalue weighted by molar-refractivity contribution is -0.145. The summed E-state index contributed by atoms with van der Waals surface area (Å²) < 4.78 is 10.4. The molecule has 0 unspecified atom stereocenters. The first-order chi connectivity index (χ1) is 11.2. The van der Waals surface area contributed by atoms with Gasteiger partial charge >= 0.3 is 5.97 Å². The third kappa shape index (κ3) is 5.85. The first kappa shape index (κ1) is 17.2. The van der Waals surface area contributed by atoms with Crippen molar-refractivity contribution in [2.75, 3.05) is 19.0 Å². The van der Waals surface area contributed by atoms with Crippen molar-refractivity contribution in [1.82, 2.24) is 0 Å². The van der Waals surface area contributed by atoms with Crippen LogP contribution in [0.15, 0.2) is 53.4 Å². The van der Waals surface area contributed by atoms with E-state index in [4.69, 9.17) is 26.3 Å². The van der Waals surface area contributed by atoms with E-state index in [-0.39, 0.29) is 13.2 Å². The Hall–Kier alpha value is -2.16. The molecule has 2 aromatic carbocycles. The summed E-state index contributed by atoms with van der Waals surface area (Å²) in [4.78, 5) is 12.7. The average Bonchev–Trinajstić information content (AvgIpc) is 2.58. The van der Waals surface area contributed by atoms with Crippen LogP contribution in [-0.4, -0.2) is 24.9 Å². The second-order valence-electron chi connectivity index (χ2n) is 4.42. The largest absolute Gasteiger partial charge is 0.481 e. The monoisotopic (exact) mass is 347 g/mol. The zero-order valence-electron chi connectivity index (χ0n) is 12.2. The van der Waals surface area contributed by atoms with Crippen molar-refractivity contribution in [3.63, 3.8) is 0 Å². The highest BCUT2D eigenvalue weighted by Gasteiger charge is 2.07. The smallest absolute Gasteiger partial charge is 0.344 e. The molecule has 2 rings (SSSR count). The number of benzene rings is 2. The van der Waals surface area contributed by atoms with E-state index in [1.54, 1.807) is 36.0 Å². The number of para-hydroxylation sites is 1. The Kier molecular flexibility index (Phi) is 6.79. The zero-order chi connectivity index (χ0) is 16.5. The van der Waals surface area contributed by atoms with Crippen molar-refractivity contribution in [1.29, 1.82) is 5.26 Å². The second kappa shape index (κ2) is 9.09. The number of hydrogen-bond donors (Lipinski definition) is 0. The molecule has 0 fully saturated rings. The summed E-state index contributed by atoms with van der Waals surface area (Å²) in [6, 6.07) is 16.2. The fraction of sp³-hybridized carbons (Fsp3) is 0.176. The number of thioether (sulfide) groups is 1. The molecule has 0 heterocycles. The predicted octanol–water partition coefficient (Wildman–Crippen LogP) is 3.93. The van der Waals surface area contributed by atoms with Gasteiger partial charge in [-0.3, -0.25) is 0 Å². The minimum Gasteiger partial charge on any atom is -0.481 e. The van der Waals surface area contributed by atoms with Gasteiger partial charge in [-0.15, -0.1) is 11.8 Å². The normalized spacial score (nSPS) is 9.91. The number of nitriles is 1. The molecular formula is C17H14ClNO3S. The molecule has 0 amide bonds. The molecule has 0 aliphatic rings. The minimum absolute atomic E-state index is 0.218. The van der Waals surface area contributed by atoms with E-state index >= 15 is 0 Å². The van der Waals surface area contributed by atoms with E-state index in [2.05, 4.69) is 0 Å². The number of halogens is 1. The molecule has 2 aromatic rings.